The summed E-state index contributed by atoms with van der Waals surface area (Å²) in [5, 5.41) is 8.96. The van der Waals surface area contributed by atoms with E-state index in [0.29, 0.717) is 52.0 Å². The lowest BCUT2D eigenvalue weighted by molar-refractivity contribution is -0.145. The molecule has 0 aliphatic carbocycles. The quantitative estimate of drug-likeness (QED) is 0.739. The molecule has 1 aromatic carbocycles. The summed E-state index contributed by atoms with van der Waals surface area (Å²) in [5.41, 5.74) is 0. The Hall–Kier alpha value is -2.24. The van der Waals surface area contributed by atoms with Crippen LogP contribution in [0.4, 0.5) is 0 Å². The van der Waals surface area contributed by atoms with Gasteiger partial charge in [0.25, 0.3) is 0 Å². The Morgan fingerprint density at radius 1 is 1.12 bits per heavy atom. The number of hydrogen-bond acceptors (Lipinski definition) is 4. The predicted molar refractivity (Wildman–Crippen MR) is 89.3 cm³/mol. The zero-order chi connectivity index (χ0) is 17.4. The van der Waals surface area contributed by atoms with Gasteiger partial charge in [0, 0.05) is 19.5 Å². The van der Waals surface area contributed by atoms with Crippen LogP contribution in [-0.2, 0) is 9.59 Å². The predicted octanol–water partition coefficient (Wildman–Crippen LogP) is 2.57. The Balaban J connectivity index is 1.63. The first-order chi connectivity index (χ1) is 11.6. The second-order valence-corrected chi connectivity index (χ2v) is 5.85. The molecule has 1 fully saturated rings. The Kier molecular flexibility index (Phi) is 6.90. The third-order valence-corrected chi connectivity index (χ3v) is 4.14. The van der Waals surface area contributed by atoms with E-state index in [1.54, 1.807) is 4.90 Å². The first kappa shape index (κ1) is 18.1. The highest BCUT2D eigenvalue weighted by atomic mass is 16.5. The summed E-state index contributed by atoms with van der Waals surface area (Å²) in [6, 6.07) is 7.42. The Labute approximate surface area is 142 Å². The van der Waals surface area contributed by atoms with Gasteiger partial charge in [-0.2, -0.15) is 0 Å². The molecule has 0 bridgehead atoms. The van der Waals surface area contributed by atoms with Gasteiger partial charge in [-0.25, -0.2) is 0 Å². The highest BCUT2D eigenvalue weighted by molar-refractivity contribution is 5.77. The number of amides is 1. The molecule has 1 amide bonds. The van der Waals surface area contributed by atoms with Crippen molar-refractivity contribution in [1.29, 1.82) is 0 Å². The van der Waals surface area contributed by atoms with E-state index < -0.39 is 5.97 Å². The number of likely N-dealkylation sites (tertiary alicyclic amines) is 1. The minimum atomic E-state index is -0.758. The van der Waals surface area contributed by atoms with Gasteiger partial charge in [0.2, 0.25) is 5.91 Å². The van der Waals surface area contributed by atoms with Crippen molar-refractivity contribution in [2.75, 3.05) is 26.3 Å². The molecule has 1 aliphatic rings. The fourth-order valence-corrected chi connectivity index (χ4v) is 2.75. The maximum Gasteiger partial charge on any atom is 0.306 e. The van der Waals surface area contributed by atoms with Crippen molar-refractivity contribution in [2.45, 2.75) is 32.6 Å². The lowest BCUT2D eigenvalue weighted by Crippen LogP contribution is -2.40. The average molecular weight is 335 g/mol. The molecule has 1 heterocycles. The SMILES string of the molecule is CCOc1ccc(OCCCC(=O)N2CCC(C(=O)O)CC2)cc1. The highest BCUT2D eigenvalue weighted by Crippen LogP contribution is 2.19. The fraction of sp³-hybridized carbons (Fsp3) is 0.556. The molecule has 0 atom stereocenters. The minimum Gasteiger partial charge on any atom is -0.494 e. The van der Waals surface area contributed by atoms with Crippen molar-refractivity contribution in [3.63, 3.8) is 0 Å². The van der Waals surface area contributed by atoms with E-state index in [0.717, 1.165) is 11.5 Å². The molecule has 6 nitrogen and oxygen atoms in total. The maximum absolute atomic E-state index is 12.1. The van der Waals surface area contributed by atoms with Crippen molar-refractivity contribution in [3.05, 3.63) is 24.3 Å². The van der Waals surface area contributed by atoms with Crippen LogP contribution >= 0.6 is 0 Å². The standard InChI is InChI=1S/C18H25NO5/c1-2-23-15-5-7-16(8-6-15)24-13-3-4-17(20)19-11-9-14(10-12-19)18(21)22/h5-8,14H,2-4,9-13H2,1H3,(H,21,22). The lowest BCUT2D eigenvalue weighted by Gasteiger charge is -2.30. The van der Waals surface area contributed by atoms with Crippen molar-refractivity contribution < 1.29 is 24.2 Å². The normalized spacial score (nSPS) is 15.1. The van der Waals surface area contributed by atoms with E-state index >= 15 is 0 Å². The van der Waals surface area contributed by atoms with E-state index in [1.165, 1.54) is 0 Å². The van der Waals surface area contributed by atoms with Crippen LogP contribution in [0.2, 0.25) is 0 Å². The van der Waals surface area contributed by atoms with Gasteiger partial charge in [0.15, 0.2) is 0 Å². The molecule has 1 aromatic rings. The number of carbonyl (C=O) groups excluding carboxylic acids is 1. The smallest absolute Gasteiger partial charge is 0.306 e. The Bertz CT molecular complexity index is 535. The summed E-state index contributed by atoms with van der Waals surface area (Å²) in [7, 11) is 0. The van der Waals surface area contributed by atoms with Crippen LogP contribution in [0.15, 0.2) is 24.3 Å². The molecule has 6 heteroatoms. The van der Waals surface area contributed by atoms with Crippen LogP contribution in [0.5, 0.6) is 11.5 Å². The van der Waals surface area contributed by atoms with Crippen molar-refractivity contribution in [2.24, 2.45) is 5.92 Å². The molecule has 2 rings (SSSR count). The summed E-state index contributed by atoms with van der Waals surface area (Å²) < 4.78 is 11.0. The largest absolute Gasteiger partial charge is 0.494 e. The van der Waals surface area contributed by atoms with Crippen molar-refractivity contribution in [1.82, 2.24) is 4.90 Å². The maximum atomic E-state index is 12.1. The molecule has 0 radical (unpaired) electrons. The second-order valence-electron chi connectivity index (χ2n) is 5.85. The molecular formula is C18H25NO5. The summed E-state index contributed by atoms with van der Waals surface area (Å²) in [6.45, 7) is 4.12. The van der Waals surface area contributed by atoms with Gasteiger partial charge in [0.1, 0.15) is 11.5 Å². The third kappa shape index (κ3) is 5.44. The van der Waals surface area contributed by atoms with Gasteiger partial charge in [-0.1, -0.05) is 0 Å². The molecule has 1 N–H and O–H groups in total. The van der Waals surface area contributed by atoms with Crippen LogP contribution in [0.3, 0.4) is 0 Å². The van der Waals surface area contributed by atoms with Gasteiger partial charge in [-0.15, -0.1) is 0 Å². The fourth-order valence-electron chi connectivity index (χ4n) is 2.75. The number of piperidine rings is 1. The van der Waals surface area contributed by atoms with Crippen LogP contribution in [-0.4, -0.2) is 48.2 Å². The zero-order valence-corrected chi connectivity index (χ0v) is 14.1. The highest BCUT2D eigenvalue weighted by Gasteiger charge is 2.26. The summed E-state index contributed by atoms with van der Waals surface area (Å²) >= 11 is 0. The number of carbonyl (C=O) groups is 2. The number of ether oxygens (including phenoxy) is 2. The molecule has 132 valence electrons. The molecule has 1 saturated heterocycles. The molecule has 0 aromatic heterocycles. The van der Waals surface area contributed by atoms with Gasteiger partial charge >= 0.3 is 5.97 Å². The minimum absolute atomic E-state index is 0.0779. The van der Waals surface area contributed by atoms with Crippen molar-refractivity contribution >= 4 is 11.9 Å². The van der Waals surface area contributed by atoms with Crippen LogP contribution in [0, 0.1) is 5.92 Å². The zero-order valence-electron chi connectivity index (χ0n) is 14.1. The molecular weight excluding hydrogens is 310 g/mol. The molecule has 0 saturated carbocycles. The molecule has 24 heavy (non-hydrogen) atoms. The number of nitrogens with zero attached hydrogens (tertiary/aromatic N) is 1. The van der Waals surface area contributed by atoms with E-state index in [2.05, 4.69) is 0 Å². The number of benzene rings is 1. The molecule has 0 spiro atoms. The van der Waals surface area contributed by atoms with E-state index in [-0.39, 0.29) is 11.8 Å². The van der Waals surface area contributed by atoms with Crippen LogP contribution < -0.4 is 9.47 Å². The first-order valence-electron chi connectivity index (χ1n) is 8.46. The van der Waals surface area contributed by atoms with Gasteiger partial charge in [0.05, 0.1) is 19.1 Å². The summed E-state index contributed by atoms with van der Waals surface area (Å²) in [6.07, 6.45) is 2.16. The van der Waals surface area contributed by atoms with Gasteiger partial charge in [-0.05, 0) is 50.5 Å². The number of rotatable bonds is 8. The first-order valence-corrected chi connectivity index (χ1v) is 8.46. The Morgan fingerprint density at radius 2 is 1.71 bits per heavy atom. The number of carboxylic acid groups (broad SMARTS) is 1. The van der Waals surface area contributed by atoms with Crippen molar-refractivity contribution in [3.8, 4) is 11.5 Å². The average Bonchev–Trinajstić information content (AvgIpc) is 2.60. The third-order valence-electron chi connectivity index (χ3n) is 4.14. The number of hydrogen-bond donors (Lipinski definition) is 1. The van der Waals surface area contributed by atoms with E-state index in [9.17, 15) is 9.59 Å². The summed E-state index contributed by atoms with van der Waals surface area (Å²) in [4.78, 5) is 24.8. The topological polar surface area (TPSA) is 76.1 Å². The number of aliphatic carboxylic acids is 1. The number of carboxylic acids is 1. The molecule has 0 unspecified atom stereocenters. The van der Waals surface area contributed by atoms with Crippen LogP contribution in [0.1, 0.15) is 32.6 Å². The van der Waals surface area contributed by atoms with E-state index in [4.69, 9.17) is 14.6 Å². The second kappa shape index (κ2) is 9.15. The Morgan fingerprint density at radius 3 is 2.25 bits per heavy atom. The monoisotopic (exact) mass is 335 g/mol. The lowest BCUT2D eigenvalue weighted by atomic mass is 9.97. The molecule has 1 aliphatic heterocycles. The summed E-state index contributed by atoms with van der Waals surface area (Å²) in [5.74, 6) is 0.579. The van der Waals surface area contributed by atoms with Gasteiger partial charge in [-0.3, -0.25) is 9.59 Å². The van der Waals surface area contributed by atoms with E-state index in [1.807, 2.05) is 31.2 Å². The van der Waals surface area contributed by atoms with Crippen LogP contribution in [0.25, 0.3) is 0 Å². The van der Waals surface area contributed by atoms with Gasteiger partial charge < -0.3 is 19.5 Å².